The molecule has 0 bridgehead atoms. The van der Waals surface area contributed by atoms with Crippen molar-refractivity contribution in [2.75, 3.05) is 0 Å². The van der Waals surface area contributed by atoms with Gasteiger partial charge in [-0.05, 0) is 54.1 Å². The molecule has 4 rings (SSSR count). The first kappa shape index (κ1) is 18.5. The van der Waals surface area contributed by atoms with Crippen molar-refractivity contribution in [3.05, 3.63) is 51.7 Å². The summed E-state index contributed by atoms with van der Waals surface area (Å²) in [7, 11) is 0. The van der Waals surface area contributed by atoms with Crippen LogP contribution in [-0.2, 0) is 6.67 Å². The number of pyridine rings is 1. The van der Waals surface area contributed by atoms with E-state index < -0.39 is 0 Å². The average Bonchev–Trinajstić information content (AvgIpc) is 3.22. The molecule has 3 aromatic rings. The molecule has 27 heavy (non-hydrogen) atoms. The van der Waals surface area contributed by atoms with E-state index in [4.69, 9.17) is 17.3 Å². The molecule has 1 atom stereocenters. The fourth-order valence-electron chi connectivity index (χ4n) is 3.34. The minimum Gasteiger partial charge on any atom is -0.297 e. The van der Waals surface area contributed by atoms with E-state index in [1.165, 1.54) is 17.7 Å². The van der Waals surface area contributed by atoms with E-state index in [2.05, 4.69) is 53.2 Å². The third-order valence-corrected chi connectivity index (χ3v) is 6.19. The molecule has 0 spiro atoms. The first-order chi connectivity index (χ1) is 12.9. The number of aromatic nitrogens is 4. The Balaban J connectivity index is 1.64. The van der Waals surface area contributed by atoms with Crippen LogP contribution in [0.15, 0.2) is 42.0 Å². The Morgan fingerprint density at radius 2 is 2.11 bits per heavy atom. The zero-order valence-electron chi connectivity index (χ0n) is 15.9. The van der Waals surface area contributed by atoms with Gasteiger partial charge in [0.15, 0.2) is 10.6 Å². The van der Waals surface area contributed by atoms with Gasteiger partial charge in [0.1, 0.15) is 0 Å². The first-order valence-corrected chi connectivity index (χ1v) is 10.6. The number of thiophene rings is 1. The highest BCUT2D eigenvalue weighted by molar-refractivity contribution is 7.71. The molecule has 3 aromatic heterocycles. The Labute approximate surface area is 169 Å². The van der Waals surface area contributed by atoms with Crippen LogP contribution >= 0.6 is 23.6 Å². The van der Waals surface area contributed by atoms with E-state index >= 15 is 0 Å². The SMILES string of the molecule is CC(C)(C)[C@@H](NCn1nc(-c2cccnc2)n(C2CC2)c1=S)c1cccs1. The molecule has 5 nitrogen and oxygen atoms in total. The Hall–Kier alpha value is -1.83. The summed E-state index contributed by atoms with van der Waals surface area (Å²) >= 11 is 7.57. The van der Waals surface area contributed by atoms with E-state index in [1.54, 1.807) is 17.5 Å². The lowest BCUT2D eigenvalue weighted by Crippen LogP contribution is -2.33. The predicted molar refractivity (Wildman–Crippen MR) is 112 cm³/mol. The van der Waals surface area contributed by atoms with Gasteiger partial charge in [0, 0.05) is 34.9 Å². The van der Waals surface area contributed by atoms with E-state index in [-0.39, 0.29) is 11.5 Å². The molecule has 7 heteroatoms. The van der Waals surface area contributed by atoms with Crippen LogP contribution < -0.4 is 5.32 Å². The minimum absolute atomic E-state index is 0.0955. The molecule has 1 fully saturated rings. The Bertz CT molecular complexity index is 947. The zero-order valence-corrected chi connectivity index (χ0v) is 17.6. The van der Waals surface area contributed by atoms with Crippen molar-refractivity contribution in [1.82, 2.24) is 24.6 Å². The molecular formula is C20H25N5S2. The Morgan fingerprint density at radius 1 is 1.30 bits per heavy atom. The van der Waals surface area contributed by atoms with Crippen LogP contribution in [0.2, 0.25) is 0 Å². The third kappa shape index (κ3) is 3.90. The molecule has 0 aromatic carbocycles. The van der Waals surface area contributed by atoms with Gasteiger partial charge in [-0.2, -0.15) is 5.10 Å². The molecule has 1 aliphatic carbocycles. The minimum atomic E-state index is 0.0955. The van der Waals surface area contributed by atoms with Crippen molar-refractivity contribution in [2.45, 2.75) is 52.4 Å². The van der Waals surface area contributed by atoms with Crippen molar-refractivity contribution in [1.29, 1.82) is 0 Å². The summed E-state index contributed by atoms with van der Waals surface area (Å²) in [4.78, 5) is 5.59. The summed E-state index contributed by atoms with van der Waals surface area (Å²) in [6, 6.07) is 9.00. The highest BCUT2D eigenvalue weighted by Gasteiger charge is 2.30. The lowest BCUT2D eigenvalue weighted by molar-refractivity contribution is 0.255. The molecule has 0 aliphatic heterocycles. The highest BCUT2D eigenvalue weighted by Crippen LogP contribution is 2.39. The van der Waals surface area contributed by atoms with Gasteiger partial charge in [0.05, 0.1) is 6.67 Å². The van der Waals surface area contributed by atoms with E-state index in [9.17, 15) is 0 Å². The molecular weight excluding hydrogens is 374 g/mol. The maximum absolute atomic E-state index is 5.78. The molecule has 1 aliphatic rings. The monoisotopic (exact) mass is 399 g/mol. The second-order valence-corrected chi connectivity index (χ2v) is 9.47. The summed E-state index contributed by atoms with van der Waals surface area (Å²) in [5, 5.41) is 10.7. The van der Waals surface area contributed by atoms with Crippen LogP contribution in [0, 0.1) is 10.2 Å². The lowest BCUT2D eigenvalue weighted by atomic mass is 9.86. The van der Waals surface area contributed by atoms with Gasteiger partial charge in [-0.3, -0.25) is 14.9 Å². The van der Waals surface area contributed by atoms with Crippen LogP contribution in [0.5, 0.6) is 0 Å². The number of hydrogen-bond acceptors (Lipinski definition) is 5. The second kappa shape index (κ2) is 7.30. The largest absolute Gasteiger partial charge is 0.297 e. The van der Waals surface area contributed by atoms with Crippen molar-refractivity contribution in [3.63, 3.8) is 0 Å². The van der Waals surface area contributed by atoms with E-state index in [0.29, 0.717) is 12.7 Å². The maximum atomic E-state index is 5.78. The average molecular weight is 400 g/mol. The van der Waals surface area contributed by atoms with Crippen LogP contribution in [0.1, 0.15) is 50.6 Å². The third-order valence-electron chi connectivity index (χ3n) is 4.84. The molecule has 0 saturated heterocycles. The number of nitrogens with zero attached hydrogens (tertiary/aromatic N) is 4. The lowest BCUT2D eigenvalue weighted by Gasteiger charge is -2.30. The van der Waals surface area contributed by atoms with Crippen molar-refractivity contribution < 1.29 is 0 Å². The smallest absolute Gasteiger partial charge is 0.199 e. The highest BCUT2D eigenvalue weighted by atomic mass is 32.1. The summed E-state index contributed by atoms with van der Waals surface area (Å²) in [6.45, 7) is 7.36. The second-order valence-electron chi connectivity index (χ2n) is 8.13. The van der Waals surface area contributed by atoms with Gasteiger partial charge >= 0.3 is 0 Å². The molecule has 3 heterocycles. The topological polar surface area (TPSA) is 47.7 Å². The van der Waals surface area contributed by atoms with Gasteiger partial charge in [0.25, 0.3) is 0 Å². The predicted octanol–water partition coefficient (Wildman–Crippen LogP) is 5.21. The number of rotatable bonds is 6. The van der Waals surface area contributed by atoms with Crippen molar-refractivity contribution >= 4 is 23.6 Å². The van der Waals surface area contributed by atoms with Crippen LogP contribution in [0.3, 0.4) is 0 Å². The van der Waals surface area contributed by atoms with Crippen LogP contribution in [-0.4, -0.2) is 19.3 Å². The molecule has 0 unspecified atom stereocenters. The Kier molecular flexibility index (Phi) is 5.01. The summed E-state index contributed by atoms with van der Waals surface area (Å²) in [5.74, 6) is 0.917. The van der Waals surface area contributed by atoms with Crippen LogP contribution in [0.4, 0.5) is 0 Å². The number of nitrogens with one attached hydrogen (secondary N) is 1. The molecule has 0 amide bonds. The zero-order chi connectivity index (χ0) is 19.0. The van der Waals surface area contributed by atoms with Crippen molar-refractivity contribution in [3.8, 4) is 11.4 Å². The maximum Gasteiger partial charge on any atom is 0.199 e. The number of hydrogen-bond donors (Lipinski definition) is 1. The molecule has 1 saturated carbocycles. The van der Waals surface area contributed by atoms with Gasteiger partial charge in [-0.15, -0.1) is 11.3 Å². The fourth-order valence-corrected chi connectivity index (χ4v) is 4.73. The van der Waals surface area contributed by atoms with Gasteiger partial charge in [-0.1, -0.05) is 26.8 Å². The molecule has 142 valence electrons. The van der Waals surface area contributed by atoms with Gasteiger partial charge in [0.2, 0.25) is 0 Å². The standard InChI is InChI=1S/C20H25N5S2/c1-20(2,3)17(16-7-5-11-27-16)22-13-24-19(26)25(15-8-9-15)18(23-24)14-6-4-10-21-12-14/h4-7,10-12,15,17,22H,8-9,13H2,1-3H3/t17-/m0/s1. The summed E-state index contributed by atoms with van der Waals surface area (Å²) < 4.78 is 4.90. The molecule has 1 N–H and O–H groups in total. The van der Waals surface area contributed by atoms with E-state index in [0.717, 1.165) is 16.2 Å². The van der Waals surface area contributed by atoms with Crippen LogP contribution in [0.25, 0.3) is 11.4 Å². The first-order valence-electron chi connectivity index (χ1n) is 9.31. The van der Waals surface area contributed by atoms with Crippen molar-refractivity contribution in [2.24, 2.45) is 5.41 Å². The van der Waals surface area contributed by atoms with Gasteiger partial charge < -0.3 is 0 Å². The fraction of sp³-hybridized carbons (Fsp3) is 0.450. The molecule has 0 radical (unpaired) electrons. The normalized spacial score (nSPS) is 15.8. The summed E-state index contributed by atoms with van der Waals surface area (Å²) in [6.07, 6.45) is 5.98. The van der Waals surface area contributed by atoms with Gasteiger partial charge in [-0.25, -0.2) is 4.68 Å². The Morgan fingerprint density at radius 3 is 2.70 bits per heavy atom. The van der Waals surface area contributed by atoms with E-state index in [1.807, 2.05) is 23.0 Å². The quantitative estimate of drug-likeness (QED) is 0.578. The summed E-state index contributed by atoms with van der Waals surface area (Å²) in [5.41, 5.74) is 1.11.